The van der Waals surface area contributed by atoms with Gasteiger partial charge in [0.25, 0.3) is 0 Å². The van der Waals surface area contributed by atoms with E-state index < -0.39 is 20.6 Å². The number of sulfone groups is 1. The third-order valence-electron chi connectivity index (χ3n) is 1.85. The molecule has 0 bridgehead atoms. The summed E-state index contributed by atoms with van der Waals surface area (Å²) in [6.45, 7) is 3.95. The average molecular weight is 240 g/mol. The average Bonchev–Trinajstić information content (AvgIpc) is 2.11. The van der Waals surface area contributed by atoms with Crippen molar-refractivity contribution < 1.29 is 12.6 Å². The van der Waals surface area contributed by atoms with Gasteiger partial charge < -0.3 is 0 Å². The summed E-state index contributed by atoms with van der Waals surface area (Å²) in [6, 6.07) is 0. The molecule has 14 heavy (non-hydrogen) atoms. The number of hydrogen-bond acceptors (Lipinski definition) is 3. The fourth-order valence-electron chi connectivity index (χ4n) is 0.988. The summed E-state index contributed by atoms with van der Waals surface area (Å²) < 4.78 is 34.1. The molecule has 5 heteroatoms. The Morgan fingerprint density at radius 2 is 1.64 bits per heavy atom. The van der Waals surface area contributed by atoms with Gasteiger partial charge in [0, 0.05) is 16.6 Å². The Balaban J connectivity index is 3.90. The van der Waals surface area contributed by atoms with Crippen molar-refractivity contribution in [2.24, 2.45) is 0 Å². The largest absolute Gasteiger partial charge is 0.259 e. The summed E-state index contributed by atoms with van der Waals surface area (Å²) in [6.07, 6.45) is 3.34. The molecule has 0 aromatic heterocycles. The Bertz CT molecular complexity index is 257. The highest BCUT2D eigenvalue weighted by Gasteiger charge is 2.14. The molecule has 86 valence electrons. The molecule has 0 amide bonds. The van der Waals surface area contributed by atoms with E-state index in [1.54, 1.807) is 0 Å². The minimum Gasteiger partial charge on any atom is -0.259 e. The Kier molecular flexibility index (Phi) is 7.45. The van der Waals surface area contributed by atoms with Crippen LogP contribution in [0, 0.1) is 0 Å². The lowest BCUT2D eigenvalue weighted by Gasteiger charge is -2.03. The first-order chi connectivity index (χ1) is 6.52. The lowest BCUT2D eigenvalue weighted by molar-refractivity contribution is 0.596. The molecule has 0 radical (unpaired) electrons. The highest BCUT2D eigenvalue weighted by atomic mass is 32.3. The van der Waals surface area contributed by atoms with E-state index in [0.29, 0.717) is 12.2 Å². The molecule has 0 N–H and O–H groups in total. The van der Waals surface area contributed by atoms with Gasteiger partial charge >= 0.3 is 0 Å². The van der Waals surface area contributed by atoms with Crippen LogP contribution in [0.2, 0.25) is 0 Å². The summed E-state index contributed by atoms with van der Waals surface area (Å²) in [5, 5.41) is -0.146. The highest BCUT2D eigenvalue weighted by Crippen LogP contribution is 2.01. The molecule has 0 fully saturated rings. The number of hydrogen-bond donors (Lipinski definition) is 0. The molecular formula is C9H20O3S2. The third kappa shape index (κ3) is 7.50. The molecule has 0 saturated heterocycles. The SMILES string of the molecule is CCCCS(=O)CS(=O)(=O)CCCC. The molecule has 0 aromatic carbocycles. The van der Waals surface area contributed by atoms with Crippen LogP contribution in [-0.4, -0.2) is 29.2 Å². The fraction of sp³-hybridized carbons (Fsp3) is 1.00. The van der Waals surface area contributed by atoms with Crippen LogP contribution in [0.15, 0.2) is 0 Å². The normalized spacial score (nSPS) is 14.1. The molecular weight excluding hydrogens is 220 g/mol. The first-order valence-corrected chi connectivity index (χ1v) is 8.38. The van der Waals surface area contributed by atoms with Crippen LogP contribution in [0.5, 0.6) is 0 Å². The molecule has 0 spiro atoms. The van der Waals surface area contributed by atoms with Gasteiger partial charge in [0.2, 0.25) is 0 Å². The van der Waals surface area contributed by atoms with Gasteiger partial charge in [-0.1, -0.05) is 26.7 Å². The lowest BCUT2D eigenvalue weighted by atomic mass is 10.4. The van der Waals surface area contributed by atoms with E-state index in [4.69, 9.17) is 0 Å². The first kappa shape index (κ1) is 14.1. The van der Waals surface area contributed by atoms with Crippen molar-refractivity contribution in [3.8, 4) is 0 Å². The van der Waals surface area contributed by atoms with Crippen molar-refractivity contribution in [1.82, 2.24) is 0 Å². The maximum Gasteiger partial charge on any atom is 0.162 e. The van der Waals surface area contributed by atoms with E-state index in [1.807, 2.05) is 13.8 Å². The van der Waals surface area contributed by atoms with Crippen molar-refractivity contribution in [3.05, 3.63) is 0 Å². The second kappa shape index (κ2) is 7.40. The Morgan fingerprint density at radius 1 is 1.07 bits per heavy atom. The molecule has 0 aromatic rings. The molecule has 0 aliphatic rings. The summed E-state index contributed by atoms with van der Waals surface area (Å²) in [5.41, 5.74) is 0. The quantitative estimate of drug-likeness (QED) is 0.649. The van der Waals surface area contributed by atoms with Gasteiger partial charge in [-0.2, -0.15) is 0 Å². The molecule has 0 heterocycles. The second-order valence-corrected chi connectivity index (χ2v) is 7.54. The maximum atomic E-state index is 11.4. The van der Waals surface area contributed by atoms with E-state index in [0.717, 1.165) is 19.3 Å². The Morgan fingerprint density at radius 3 is 2.14 bits per heavy atom. The zero-order valence-corrected chi connectivity index (χ0v) is 10.6. The van der Waals surface area contributed by atoms with E-state index >= 15 is 0 Å². The molecule has 1 atom stereocenters. The standard InChI is InChI=1S/C9H20O3S2/c1-3-5-7-13(10)9-14(11,12)8-6-4-2/h3-9H2,1-2H3. The molecule has 0 aliphatic carbocycles. The van der Waals surface area contributed by atoms with Crippen molar-refractivity contribution in [2.45, 2.75) is 39.5 Å². The summed E-state index contributed by atoms with van der Waals surface area (Å²) in [5.74, 6) is 0.698. The molecule has 0 rings (SSSR count). The minimum absolute atomic E-state index is 0.146. The van der Waals surface area contributed by atoms with Crippen LogP contribution in [0.1, 0.15) is 39.5 Å². The number of rotatable bonds is 8. The van der Waals surface area contributed by atoms with Crippen LogP contribution in [0.4, 0.5) is 0 Å². The van der Waals surface area contributed by atoms with Crippen molar-refractivity contribution in [1.29, 1.82) is 0 Å². The Hall–Kier alpha value is 0.1000. The van der Waals surface area contributed by atoms with Crippen LogP contribution in [0.25, 0.3) is 0 Å². The maximum absolute atomic E-state index is 11.4. The monoisotopic (exact) mass is 240 g/mol. The van der Waals surface area contributed by atoms with Crippen LogP contribution < -0.4 is 0 Å². The predicted molar refractivity (Wildman–Crippen MR) is 61.5 cm³/mol. The summed E-state index contributed by atoms with van der Waals surface area (Å²) >= 11 is 0. The number of unbranched alkanes of at least 4 members (excludes halogenated alkanes) is 2. The van der Waals surface area contributed by atoms with Crippen LogP contribution in [-0.2, 0) is 20.6 Å². The second-order valence-electron chi connectivity index (χ2n) is 3.42. The van der Waals surface area contributed by atoms with Crippen molar-refractivity contribution >= 4 is 20.6 Å². The summed E-state index contributed by atoms with van der Waals surface area (Å²) in [7, 11) is -4.25. The smallest absolute Gasteiger partial charge is 0.162 e. The predicted octanol–water partition coefficient (Wildman–Crippen LogP) is 1.71. The van der Waals surface area contributed by atoms with E-state index in [-0.39, 0.29) is 10.8 Å². The van der Waals surface area contributed by atoms with Gasteiger partial charge in [0.05, 0.1) is 5.75 Å². The van der Waals surface area contributed by atoms with Crippen LogP contribution in [0.3, 0.4) is 0 Å². The fourth-order valence-corrected chi connectivity index (χ4v) is 4.87. The van der Waals surface area contributed by atoms with Gasteiger partial charge in [-0.25, -0.2) is 8.42 Å². The van der Waals surface area contributed by atoms with Gasteiger partial charge in [0.15, 0.2) is 9.84 Å². The van der Waals surface area contributed by atoms with E-state index in [1.165, 1.54) is 0 Å². The van der Waals surface area contributed by atoms with Gasteiger partial charge in [-0.05, 0) is 12.8 Å². The van der Waals surface area contributed by atoms with Gasteiger partial charge in [0.1, 0.15) is 5.08 Å². The molecule has 0 saturated carbocycles. The van der Waals surface area contributed by atoms with Gasteiger partial charge in [-0.15, -0.1) is 0 Å². The third-order valence-corrected chi connectivity index (χ3v) is 5.99. The molecule has 1 unspecified atom stereocenters. The van der Waals surface area contributed by atoms with Crippen molar-refractivity contribution in [3.63, 3.8) is 0 Å². The molecule has 3 nitrogen and oxygen atoms in total. The lowest BCUT2D eigenvalue weighted by Crippen LogP contribution is -2.16. The van der Waals surface area contributed by atoms with Gasteiger partial charge in [-0.3, -0.25) is 4.21 Å². The zero-order chi connectivity index (χ0) is 11.0. The topological polar surface area (TPSA) is 51.2 Å². The Labute approximate surface area is 89.7 Å². The van der Waals surface area contributed by atoms with Crippen LogP contribution >= 0.6 is 0 Å². The van der Waals surface area contributed by atoms with Crippen molar-refractivity contribution in [2.75, 3.05) is 16.6 Å². The summed E-state index contributed by atoms with van der Waals surface area (Å²) in [4.78, 5) is 0. The van der Waals surface area contributed by atoms with E-state index in [9.17, 15) is 12.6 Å². The van der Waals surface area contributed by atoms with E-state index in [2.05, 4.69) is 0 Å². The minimum atomic E-state index is -3.07. The molecule has 0 aliphatic heterocycles. The first-order valence-electron chi connectivity index (χ1n) is 5.07. The highest BCUT2D eigenvalue weighted by molar-refractivity contribution is 8.05. The zero-order valence-electron chi connectivity index (χ0n) is 8.99.